The Morgan fingerprint density at radius 1 is 1.30 bits per heavy atom. The van der Waals surface area contributed by atoms with E-state index in [2.05, 4.69) is 11.9 Å². The summed E-state index contributed by atoms with van der Waals surface area (Å²) in [5.74, 6) is 0. The van der Waals surface area contributed by atoms with Gasteiger partial charge in [0.1, 0.15) is 0 Å². The number of hydrogen-bond donors (Lipinski definition) is 1. The van der Waals surface area contributed by atoms with Crippen molar-refractivity contribution in [2.45, 2.75) is 25.6 Å². The summed E-state index contributed by atoms with van der Waals surface area (Å²) in [7, 11) is 0. The molecule has 0 aliphatic rings. The molecular weight excluding hydrogens is 267 g/mol. The van der Waals surface area contributed by atoms with E-state index in [9.17, 15) is 13.2 Å². The molecular formula is C15H20F3NO. The van der Waals surface area contributed by atoms with Crippen LogP contribution in [0.5, 0.6) is 0 Å². The van der Waals surface area contributed by atoms with Crippen molar-refractivity contribution in [1.82, 2.24) is 5.32 Å². The highest BCUT2D eigenvalue weighted by Crippen LogP contribution is 2.29. The fraction of sp³-hybridized carbons (Fsp3) is 0.467. The predicted octanol–water partition coefficient (Wildman–Crippen LogP) is 3.86. The third-order valence-corrected chi connectivity index (χ3v) is 2.62. The first-order valence-electron chi connectivity index (χ1n) is 6.45. The van der Waals surface area contributed by atoms with Gasteiger partial charge in [0, 0.05) is 12.6 Å². The van der Waals surface area contributed by atoms with E-state index in [0.29, 0.717) is 25.3 Å². The minimum Gasteiger partial charge on any atom is -0.376 e. The molecule has 0 aliphatic carbocycles. The van der Waals surface area contributed by atoms with Gasteiger partial charge in [0.05, 0.1) is 19.6 Å². The van der Waals surface area contributed by atoms with Crippen molar-refractivity contribution in [3.8, 4) is 0 Å². The van der Waals surface area contributed by atoms with E-state index in [-0.39, 0.29) is 0 Å². The van der Waals surface area contributed by atoms with Crippen LogP contribution in [0.1, 0.15) is 24.9 Å². The highest BCUT2D eigenvalue weighted by molar-refractivity contribution is 5.19. The van der Waals surface area contributed by atoms with Crippen LogP contribution in [0.15, 0.2) is 42.5 Å². The zero-order valence-electron chi connectivity index (χ0n) is 11.5. The largest absolute Gasteiger partial charge is 0.390 e. The molecule has 1 rings (SSSR count). The Labute approximate surface area is 117 Å². The van der Waals surface area contributed by atoms with Gasteiger partial charge >= 0.3 is 6.18 Å². The van der Waals surface area contributed by atoms with E-state index in [4.69, 9.17) is 4.74 Å². The average Bonchev–Trinajstić information content (AvgIpc) is 2.36. The number of alkyl halides is 3. The highest BCUT2D eigenvalue weighted by Gasteiger charge is 2.32. The molecule has 112 valence electrons. The molecule has 0 amide bonds. The summed E-state index contributed by atoms with van der Waals surface area (Å²) in [4.78, 5) is 0. The number of halogens is 3. The van der Waals surface area contributed by atoms with E-state index in [1.165, 1.54) is 0 Å². The van der Waals surface area contributed by atoms with Gasteiger partial charge in [-0.1, -0.05) is 42.5 Å². The molecule has 0 aromatic heterocycles. The van der Waals surface area contributed by atoms with Crippen molar-refractivity contribution < 1.29 is 17.9 Å². The Bertz CT molecular complexity index is 403. The quantitative estimate of drug-likeness (QED) is 0.579. The second-order valence-corrected chi connectivity index (χ2v) is 4.75. The second kappa shape index (κ2) is 8.07. The van der Waals surface area contributed by atoms with Crippen molar-refractivity contribution in [3.05, 3.63) is 48.0 Å². The molecule has 0 aliphatic heterocycles. The van der Waals surface area contributed by atoms with Crippen LogP contribution in [-0.4, -0.2) is 25.9 Å². The van der Waals surface area contributed by atoms with Gasteiger partial charge in [-0.3, -0.25) is 0 Å². The summed E-state index contributed by atoms with van der Waals surface area (Å²) < 4.78 is 43.0. The molecule has 0 saturated heterocycles. The number of hydrogen-bond acceptors (Lipinski definition) is 2. The molecule has 1 N–H and O–H groups in total. The summed E-state index contributed by atoms with van der Waals surface area (Å²) in [5, 5.41) is 2.89. The minimum atomic E-state index is -4.20. The van der Waals surface area contributed by atoms with Gasteiger partial charge in [0.15, 0.2) is 0 Å². The molecule has 0 saturated carbocycles. The van der Waals surface area contributed by atoms with Crippen molar-refractivity contribution in [2.75, 3.05) is 19.8 Å². The standard InChI is InChI=1S/C15H20F3NO/c1-12(2)11-20-9-8-19-14(10-15(16,17)18)13-6-4-3-5-7-13/h3-7,14,19H,1,8-11H2,2H3. The van der Waals surface area contributed by atoms with Crippen molar-refractivity contribution in [3.63, 3.8) is 0 Å². The smallest absolute Gasteiger partial charge is 0.376 e. The van der Waals surface area contributed by atoms with E-state index >= 15 is 0 Å². The normalized spacial score (nSPS) is 13.2. The third kappa shape index (κ3) is 7.31. The molecule has 1 aromatic rings. The van der Waals surface area contributed by atoms with Crippen LogP contribution in [0, 0.1) is 0 Å². The average molecular weight is 287 g/mol. The van der Waals surface area contributed by atoms with E-state index in [1.807, 2.05) is 6.92 Å². The van der Waals surface area contributed by atoms with Crippen LogP contribution in [-0.2, 0) is 4.74 Å². The first kappa shape index (κ1) is 16.7. The van der Waals surface area contributed by atoms with Gasteiger partial charge in [-0.2, -0.15) is 13.2 Å². The Morgan fingerprint density at radius 2 is 1.95 bits per heavy atom. The van der Waals surface area contributed by atoms with Gasteiger partial charge < -0.3 is 10.1 Å². The second-order valence-electron chi connectivity index (χ2n) is 4.75. The van der Waals surface area contributed by atoms with Gasteiger partial charge in [-0.05, 0) is 12.5 Å². The first-order chi connectivity index (χ1) is 9.38. The van der Waals surface area contributed by atoms with Crippen molar-refractivity contribution in [2.24, 2.45) is 0 Å². The van der Waals surface area contributed by atoms with E-state index in [0.717, 1.165) is 5.57 Å². The maximum Gasteiger partial charge on any atom is 0.390 e. The van der Waals surface area contributed by atoms with Gasteiger partial charge in [-0.25, -0.2) is 0 Å². The van der Waals surface area contributed by atoms with Gasteiger partial charge in [-0.15, -0.1) is 0 Å². The SMILES string of the molecule is C=C(C)COCCNC(CC(F)(F)F)c1ccccc1. The van der Waals surface area contributed by atoms with Crippen molar-refractivity contribution in [1.29, 1.82) is 0 Å². The molecule has 0 heterocycles. The zero-order chi connectivity index (χ0) is 15.0. The molecule has 5 heteroatoms. The number of nitrogens with one attached hydrogen (secondary N) is 1. The molecule has 0 bridgehead atoms. The third-order valence-electron chi connectivity index (χ3n) is 2.62. The Kier molecular flexibility index (Phi) is 6.75. The fourth-order valence-electron chi connectivity index (χ4n) is 1.78. The van der Waals surface area contributed by atoms with Gasteiger partial charge in [0.25, 0.3) is 0 Å². The Morgan fingerprint density at radius 3 is 2.50 bits per heavy atom. The van der Waals surface area contributed by atoms with E-state index in [1.54, 1.807) is 30.3 Å². The highest BCUT2D eigenvalue weighted by atomic mass is 19.4. The molecule has 0 spiro atoms. The zero-order valence-corrected chi connectivity index (χ0v) is 11.5. The number of benzene rings is 1. The lowest BCUT2D eigenvalue weighted by atomic mass is 10.0. The monoisotopic (exact) mass is 287 g/mol. The lowest BCUT2D eigenvalue weighted by Gasteiger charge is -2.20. The number of rotatable bonds is 8. The molecule has 1 unspecified atom stereocenters. The summed E-state index contributed by atoms with van der Waals surface area (Å²) in [6.45, 7) is 6.67. The topological polar surface area (TPSA) is 21.3 Å². The maximum atomic E-state index is 12.6. The Balaban J connectivity index is 2.49. The lowest BCUT2D eigenvalue weighted by Crippen LogP contribution is -2.29. The molecule has 0 radical (unpaired) electrons. The first-order valence-corrected chi connectivity index (χ1v) is 6.45. The molecule has 1 aromatic carbocycles. The van der Waals surface area contributed by atoms with Crippen LogP contribution in [0.4, 0.5) is 13.2 Å². The maximum absolute atomic E-state index is 12.6. The lowest BCUT2D eigenvalue weighted by molar-refractivity contribution is -0.140. The molecule has 0 fully saturated rings. The molecule has 20 heavy (non-hydrogen) atoms. The van der Waals surface area contributed by atoms with Crippen molar-refractivity contribution >= 4 is 0 Å². The van der Waals surface area contributed by atoms with Crippen LogP contribution in [0.25, 0.3) is 0 Å². The Hall–Kier alpha value is -1.33. The fourth-order valence-corrected chi connectivity index (χ4v) is 1.78. The predicted molar refractivity (Wildman–Crippen MR) is 73.5 cm³/mol. The van der Waals surface area contributed by atoms with Gasteiger partial charge in [0.2, 0.25) is 0 Å². The summed E-state index contributed by atoms with van der Waals surface area (Å²) in [6, 6.07) is 7.89. The summed E-state index contributed by atoms with van der Waals surface area (Å²) in [5.41, 5.74) is 1.52. The van der Waals surface area contributed by atoms with Crippen LogP contribution in [0.2, 0.25) is 0 Å². The summed E-state index contributed by atoms with van der Waals surface area (Å²) in [6.07, 6.45) is -5.09. The van der Waals surface area contributed by atoms with Crippen LogP contribution >= 0.6 is 0 Å². The van der Waals surface area contributed by atoms with E-state index < -0.39 is 18.6 Å². The minimum absolute atomic E-state index is 0.355. The number of ether oxygens (including phenoxy) is 1. The van der Waals surface area contributed by atoms with Crippen LogP contribution < -0.4 is 5.32 Å². The molecule has 1 atom stereocenters. The summed E-state index contributed by atoms with van der Waals surface area (Å²) >= 11 is 0. The molecule has 2 nitrogen and oxygen atoms in total. The van der Waals surface area contributed by atoms with Crippen LogP contribution in [0.3, 0.4) is 0 Å².